The first-order chi connectivity index (χ1) is 11.1. The van der Waals surface area contributed by atoms with Gasteiger partial charge in [0.05, 0.1) is 12.1 Å². The largest absolute Gasteiger partial charge is 0.488 e. The maximum Gasteiger partial charge on any atom is 0.255 e. The Labute approximate surface area is 133 Å². The average molecular weight is 316 g/mol. The van der Waals surface area contributed by atoms with E-state index in [0.717, 1.165) is 5.56 Å². The summed E-state index contributed by atoms with van der Waals surface area (Å²) in [6.07, 6.45) is 0. The van der Waals surface area contributed by atoms with E-state index in [0.29, 0.717) is 11.3 Å². The molecule has 0 aromatic heterocycles. The van der Waals surface area contributed by atoms with Gasteiger partial charge in [-0.1, -0.05) is 24.3 Å². The van der Waals surface area contributed by atoms with Crippen molar-refractivity contribution in [2.75, 3.05) is 13.6 Å². The fourth-order valence-corrected chi connectivity index (χ4v) is 1.87. The van der Waals surface area contributed by atoms with Crippen molar-refractivity contribution >= 4 is 11.8 Å². The molecule has 2 rings (SSSR count). The van der Waals surface area contributed by atoms with Gasteiger partial charge in [0.25, 0.3) is 5.91 Å². The lowest BCUT2D eigenvalue weighted by molar-refractivity contribution is -0.119. The van der Waals surface area contributed by atoms with Crippen LogP contribution in [0.15, 0.2) is 48.5 Å². The first-order valence-electron chi connectivity index (χ1n) is 7.05. The fraction of sp³-hybridized carbons (Fsp3) is 0.176. The minimum atomic E-state index is -0.400. The van der Waals surface area contributed by atoms with Crippen LogP contribution in [0.25, 0.3) is 0 Å². The summed E-state index contributed by atoms with van der Waals surface area (Å²) >= 11 is 0. The van der Waals surface area contributed by atoms with Gasteiger partial charge in [0, 0.05) is 7.05 Å². The van der Waals surface area contributed by atoms with Crippen molar-refractivity contribution in [3.05, 3.63) is 65.5 Å². The summed E-state index contributed by atoms with van der Waals surface area (Å²) in [5.74, 6) is -0.611. The second kappa shape index (κ2) is 7.93. The van der Waals surface area contributed by atoms with E-state index in [1.165, 1.54) is 19.2 Å². The molecule has 0 radical (unpaired) electrons. The molecule has 0 saturated heterocycles. The molecule has 0 aliphatic carbocycles. The van der Waals surface area contributed by atoms with Gasteiger partial charge in [0.1, 0.15) is 18.2 Å². The molecule has 0 heterocycles. The molecule has 0 spiro atoms. The van der Waals surface area contributed by atoms with Crippen molar-refractivity contribution < 1.29 is 18.7 Å². The topological polar surface area (TPSA) is 67.4 Å². The molecular formula is C17H17FN2O3. The Hall–Kier alpha value is -2.89. The predicted molar refractivity (Wildman–Crippen MR) is 83.6 cm³/mol. The van der Waals surface area contributed by atoms with Crippen LogP contribution in [0.3, 0.4) is 0 Å². The lowest BCUT2D eigenvalue weighted by Gasteiger charge is -2.11. The van der Waals surface area contributed by atoms with Crippen LogP contribution in [0.5, 0.6) is 5.75 Å². The van der Waals surface area contributed by atoms with Crippen LogP contribution < -0.4 is 15.4 Å². The third-order valence-electron chi connectivity index (χ3n) is 3.13. The molecule has 0 saturated carbocycles. The third kappa shape index (κ3) is 4.81. The number of benzene rings is 2. The Morgan fingerprint density at radius 3 is 2.48 bits per heavy atom. The quantitative estimate of drug-likeness (QED) is 0.855. The van der Waals surface area contributed by atoms with Crippen LogP contribution in [-0.4, -0.2) is 25.4 Å². The van der Waals surface area contributed by atoms with Gasteiger partial charge < -0.3 is 15.4 Å². The first-order valence-corrected chi connectivity index (χ1v) is 7.05. The van der Waals surface area contributed by atoms with E-state index in [1.54, 1.807) is 36.4 Å². The molecule has 2 amide bonds. The maximum atomic E-state index is 12.9. The van der Waals surface area contributed by atoms with Crippen LogP contribution in [-0.2, 0) is 11.4 Å². The van der Waals surface area contributed by atoms with Gasteiger partial charge >= 0.3 is 0 Å². The molecule has 0 atom stereocenters. The van der Waals surface area contributed by atoms with Crippen LogP contribution in [0, 0.1) is 5.82 Å². The molecule has 2 aromatic rings. The van der Waals surface area contributed by atoms with E-state index in [2.05, 4.69) is 10.6 Å². The molecule has 120 valence electrons. The molecule has 5 nitrogen and oxygen atoms in total. The van der Waals surface area contributed by atoms with Crippen molar-refractivity contribution in [2.24, 2.45) is 0 Å². The third-order valence-corrected chi connectivity index (χ3v) is 3.13. The van der Waals surface area contributed by atoms with Crippen molar-refractivity contribution in [1.82, 2.24) is 10.6 Å². The predicted octanol–water partition coefficient (Wildman–Crippen LogP) is 1.88. The summed E-state index contributed by atoms with van der Waals surface area (Å²) in [6.45, 7) is 0.0989. The second-order valence-corrected chi connectivity index (χ2v) is 4.77. The van der Waals surface area contributed by atoms with E-state index in [1.807, 2.05) is 0 Å². The number of amides is 2. The van der Waals surface area contributed by atoms with Gasteiger partial charge in [-0.3, -0.25) is 9.59 Å². The van der Waals surface area contributed by atoms with Crippen LogP contribution >= 0.6 is 0 Å². The Balaban J connectivity index is 2.03. The zero-order chi connectivity index (χ0) is 16.7. The highest BCUT2D eigenvalue weighted by molar-refractivity contribution is 5.98. The van der Waals surface area contributed by atoms with Crippen molar-refractivity contribution in [2.45, 2.75) is 6.61 Å². The number of ether oxygens (including phenoxy) is 1. The SMILES string of the molecule is CNC(=O)CNC(=O)c1ccccc1OCc1ccc(F)cc1. The number of hydrogen-bond donors (Lipinski definition) is 2. The van der Waals surface area contributed by atoms with Gasteiger partial charge in [-0.05, 0) is 29.8 Å². The molecule has 0 aliphatic rings. The number of nitrogens with one attached hydrogen (secondary N) is 2. The molecule has 2 aromatic carbocycles. The van der Waals surface area contributed by atoms with Crippen molar-refractivity contribution in [3.8, 4) is 5.75 Å². The summed E-state index contributed by atoms with van der Waals surface area (Å²) in [6, 6.07) is 12.7. The Morgan fingerprint density at radius 2 is 1.78 bits per heavy atom. The summed E-state index contributed by atoms with van der Waals surface area (Å²) in [7, 11) is 1.49. The van der Waals surface area contributed by atoms with E-state index >= 15 is 0 Å². The molecule has 0 bridgehead atoms. The van der Waals surface area contributed by atoms with E-state index < -0.39 is 5.91 Å². The van der Waals surface area contributed by atoms with Gasteiger partial charge in [0.2, 0.25) is 5.91 Å². The van der Waals surface area contributed by atoms with E-state index in [4.69, 9.17) is 4.74 Å². The lowest BCUT2D eigenvalue weighted by atomic mass is 10.2. The summed E-state index contributed by atoms with van der Waals surface area (Å²) < 4.78 is 18.5. The smallest absolute Gasteiger partial charge is 0.255 e. The molecule has 2 N–H and O–H groups in total. The highest BCUT2D eigenvalue weighted by Gasteiger charge is 2.13. The number of carbonyl (C=O) groups excluding carboxylic acids is 2. The normalized spacial score (nSPS) is 10.0. The summed E-state index contributed by atoms with van der Waals surface area (Å²) in [5.41, 5.74) is 1.12. The Kier molecular flexibility index (Phi) is 5.68. The lowest BCUT2D eigenvalue weighted by Crippen LogP contribution is -2.35. The minimum absolute atomic E-state index is 0.109. The van der Waals surface area contributed by atoms with E-state index in [9.17, 15) is 14.0 Å². The number of carbonyl (C=O) groups is 2. The highest BCUT2D eigenvalue weighted by Crippen LogP contribution is 2.19. The second-order valence-electron chi connectivity index (χ2n) is 4.77. The summed E-state index contributed by atoms with van der Waals surface area (Å²) in [5, 5.41) is 4.94. The molecule has 6 heteroatoms. The molecule has 23 heavy (non-hydrogen) atoms. The Bertz CT molecular complexity index is 686. The van der Waals surface area contributed by atoms with Crippen LogP contribution in [0.1, 0.15) is 15.9 Å². The van der Waals surface area contributed by atoms with Gasteiger partial charge in [0.15, 0.2) is 0 Å². The van der Waals surface area contributed by atoms with Crippen molar-refractivity contribution in [3.63, 3.8) is 0 Å². The number of likely N-dealkylation sites (N-methyl/N-ethyl adjacent to an activating group) is 1. The highest BCUT2D eigenvalue weighted by atomic mass is 19.1. The molecule has 0 aliphatic heterocycles. The first kappa shape index (κ1) is 16.5. The standard InChI is InChI=1S/C17H17FN2O3/c1-19-16(21)10-20-17(22)14-4-2-3-5-15(14)23-11-12-6-8-13(18)9-7-12/h2-9H,10-11H2,1H3,(H,19,21)(H,20,22). The number of para-hydroxylation sites is 1. The minimum Gasteiger partial charge on any atom is -0.488 e. The van der Waals surface area contributed by atoms with Crippen LogP contribution in [0.4, 0.5) is 4.39 Å². The average Bonchev–Trinajstić information content (AvgIpc) is 2.59. The summed E-state index contributed by atoms with van der Waals surface area (Å²) in [4.78, 5) is 23.3. The molecule has 0 fully saturated rings. The van der Waals surface area contributed by atoms with Gasteiger partial charge in [-0.25, -0.2) is 4.39 Å². The van der Waals surface area contributed by atoms with Crippen molar-refractivity contribution in [1.29, 1.82) is 0 Å². The zero-order valence-electron chi connectivity index (χ0n) is 12.6. The fourth-order valence-electron chi connectivity index (χ4n) is 1.87. The molecule has 0 unspecified atom stereocenters. The molecular weight excluding hydrogens is 299 g/mol. The van der Waals surface area contributed by atoms with Crippen LogP contribution in [0.2, 0.25) is 0 Å². The number of hydrogen-bond acceptors (Lipinski definition) is 3. The maximum absolute atomic E-state index is 12.9. The monoisotopic (exact) mass is 316 g/mol. The van der Waals surface area contributed by atoms with E-state index in [-0.39, 0.29) is 24.9 Å². The number of rotatable bonds is 6. The Morgan fingerprint density at radius 1 is 1.09 bits per heavy atom. The van der Waals surface area contributed by atoms with Gasteiger partial charge in [-0.2, -0.15) is 0 Å². The zero-order valence-corrected chi connectivity index (χ0v) is 12.6. The van der Waals surface area contributed by atoms with Gasteiger partial charge in [-0.15, -0.1) is 0 Å². The number of halogens is 1.